The predicted molar refractivity (Wildman–Crippen MR) is 96.3 cm³/mol. The smallest absolute Gasteiger partial charge is 0.319 e. The number of carbonyl (C=O) groups excluding carboxylic acids is 2. The lowest BCUT2D eigenvalue weighted by atomic mass is 9.68. The van der Waals surface area contributed by atoms with Crippen LogP contribution in [0.3, 0.4) is 0 Å². The second kappa shape index (κ2) is 7.65. The highest BCUT2D eigenvalue weighted by Gasteiger charge is 2.44. The Morgan fingerprint density at radius 2 is 2.08 bits per heavy atom. The molecule has 3 amide bonds. The fraction of sp³-hybridized carbons (Fsp3) is 0.722. The highest BCUT2D eigenvalue weighted by Crippen LogP contribution is 2.41. The number of fused-ring (bicyclic) bond motifs is 1. The van der Waals surface area contributed by atoms with Crippen molar-refractivity contribution in [3.63, 3.8) is 0 Å². The number of hydrogen-bond donors (Lipinski definition) is 1. The first-order valence-electron chi connectivity index (χ1n) is 9.24. The van der Waals surface area contributed by atoms with E-state index in [9.17, 15) is 9.59 Å². The van der Waals surface area contributed by atoms with Gasteiger partial charge in [-0.25, -0.2) is 4.79 Å². The third-order valence-corrected chi connectivity index (χ3v) is 5.36. The summed E-state index contributed by atoms with van der Waals surface area (Å²) in [5.74, 6) is 0.0539. The monoisotopic (exact) mass is 363 g/mol. The molecule has 0 saturated heterocycles. The summed E-state index contributed by atoms with van der Waals surface area (Å²) in [6, 6.07) is 2.01. The van der Waals surface area contributed by atoms with Crippen LogP contribution in [0.15, 0.2) is 6.07 Å². The summed E-state index contributed by atoms with van der Waals surface area (Å²) >= 11 is 0. The van der Waals surface area contributed by atoms with Crippen molar-refractivity contribution in [2.75, 3.05) is 34.4 Å². The van der Waals surface area contributed by atoms with E-state index in [1.807, 2.05) is 15.6 Å². The van der Waals surface area contributed by atoms with E-state index in [0.717, 1.165) is 50.2 Å². The van der Waals surface area contributed by atoms with Crippen LogP contribution in [-0.4, -0.2) is 65.9 Å². The third kappa shape index (κ3) is 3.70. The molecule has 0 unspecified atom stereocenters. The largest absolute Gasteiger partial charge is 0.384 e. The van der Waals surface area contributed by atoms with Crippen molar-refractivity contribution < 1.29 is 14.3 Å². The van der Waals surface area contributed by atoms with Gasteiger partial charge in [-0.3, -0.25) is 9.48 Å². The second-order valence-corrected chi connectivity index (χ2v) is 7.55. The Morgan fingerprint density at radius 1 is 1.31 bits per heavy atom. The van der Waals surface area contributed by atoms with Gasteiger partial charge in [-0.2, -0.15) is 5.10 Å². The number of rotatable bonds is 5. The average Bonchev–Trinajstić information content (AvgIpc) is 2.85. The van der Waals surface area contributed by atoms with Crippen molar-refractivity contribution in [1.82, 2.24) is 24.9 Å². The van der Waals surface area contributed by atoms with Crippen LogP contribution in [0.2, 0.25) is 0 Å². The van der Waals surface area contributed by atoms with E-state index in [2.05, 4.69) is 10.4 Å². The molecule has 1 aliphatic carbocycles. The molecule has 1 fully saturated rings. The maximum Gasteiger partial charge on any atom is 0.319 e. The van der Waals surface area contributed by atoms with Gasteiger partial charge in [0.25, 0.3) is 0 Å². The minimum atomic E-state index is -0.361. The molecule has 1 N–H and O–H groups in total. The van der Waals surface area contributed by atoms with E-state index in [1.165, 1.54) is 0 Å². The lowest BCUT2D eigenvalue weighted by Crippen LogP contribution is -2.48. The highest BCUT2D eigenvalue weighted by atomic mass is 16.5. The van der Waals surface area contributed by atoms with Crippen molar-refractivity contribution in [3.8, 4) is 0 Å². The van der Waals surface area contributed by atoms with E-state index in [4.69, 9.17) is 4.74 Å². The second-order valence-electron chi connectivity index (χ2n) is 7.55. The number of amides is 3. The molecular formula is C18H29N5O3. The summed E-state index contributed by atoms with van der Waals surface area (Å²) in [6.45, 7) is 2.94. The fourth-order valence-corrected chi connectivity index (χ4v) is 3.73. The molecule has 2 heterocycles. The molecule has 1 aliphatic heterocycles. The van der Waals surface area contributed by atoms with Gasteiger partial charge < -0.3 is 19.9 Å². The summed E-state index contributed by atoms with van der Waals surface area (Å²) in [5.41, 5.74) is 1.48. The van der Waals surface area contributed by atoms with E-state index >= 15 is 0 Å². The van der Waals surface area contributed by atoms with Gasteiger partial charge in [0, 0.05) is 34.3 Å². The number of nitrogens with zero attached hydrogens (tertiary/aromatic N) is 4. The number of methoxy groups -OCH3 is 1. The van der Waals surface area contributed by atoms with E-state index in [0.29, 0.717) is 19.7 Å². The molecule has 1 aromatic heterocycles. The fourth-order valence-electron chi connectivity index (χ4n) is 3.73. The van der Waals surface area contributed by atoms with Crippen molar-refractivity contribution in [3.05, 3.63) is 17.5 Å². The van der Waals surface area contributed by atoms with Gasteiger partial charge >= 0.3 is 6.03 Å². The molecule has 0 spiro atoms. The van der Waals surface area contributed by atoms with Gasteiger partial charge in [0.05, 0.1) is 36.5 Å². The minimum Gasteiger partial charge on any atom is -0.384 e. The Balaban J connectivity index is 1.62. The van der Waals surface area contributed by atoms with Gasteiger partial charge in [-0.15, -0.1) is 0 Å². The van der Waals surface area contributed by atoms with Gasteiger partial charge in [-0.05, 0) is 25.3 Å². The first-order valence-corrected chi connectivity index (χ1v) is 9.24. The number of carbonyl (C=O) groups is 2. The maximum atomic E-state index is 12.5. The number of hydrogen-bond acceptors (Lipinski definition) is 4. The van der Waals surface area contributed by atoms with Crippen LogP contribution in [0.4, 0.5) is 4.79 Å². The van der Waals surface area contributed by atoms with Crippen molar-refractivity contribution in [2.45, 2.75) is 45.3 Å². The van der Waals surface area contributed by atoms with Crippen LogP contribution in [0, 0.1) is 5.41 Å². The number of aromatic nitrogens is 2. The Morgan fingerprint density at radius 3 is 2.69 bits per heavy atom. The number of ether oxygens (including phenoxy) is 1. The van der Waals surface area contributed by atoms with Gasteiger partial charge in [0.1, 0.15) is 0 Å². The van der Waals surface area contributed by atoms with Crippen LogP contribution < -0.4 is 5.32 Å². The summed E-state index contributed by atoms with van der Waals surface area (Å²) in [5, 5.41) is 7.63. The Hall–Kier alpha value is -2.09. The number of aryl methyl sites for hydroxylation is 1. The molecule has 1 saturated carbocycles. The molecule has 8 nitrogen and oxygen atoms in total. The molecule has 3 rings (SSSR count). The number of urea groups is 1. The molecule has 0 bridgehead atoms. The van der Waals surface area contributed by atoms with Gasteiger partial charge in [0.15, 0.2) is 0 Å². The topological polar surface area (TPSA) is 79.7 Å². The predicted octanol–water partition coefficient (Wildman–Crippen LogP) is 1.20. The third-order valence-electron chi connectivity index (χ3n) is 5.36. The summed E-state index contributed by atoms with van der Waals surface area (Å²) < 4.78 is 7.19. The lowest BCUT2D eigenvalue weighted by molar-refractivity contribution is -0.140. The Kier molecular flexibility index (Phi) is 5.50. The SMILES string of the molecule is COCC1(C(=O)NCc2cc3n(n2)CCCN(C(=O)N(C)C)C3)CCC1. The standard InChI is InChI=1S/C18H29N5O3/c1-21(2)17(25)22-8-5-9-23-15(12-22)10-14(20-23)11-19-16(24)18(13-26-3)6-4-7-18/h10H,4-9,11-13H2,1-3H3,(H,19,24). The van der Waals surface area contributed by atoms with Crippen LogP contribution in [-0.2, 0) is 29.2 Å². The van der Waals surface area contributed by atoms with Crippen molar-refractivity contribution >= 4 is 11.9 Å². The summed E-state index contributed by atoms with van der Waals surface area (Å²) in [6.07, 6.45) is 3.71. The zero-order valence-electron chi connectivity index (χ0n) is 16.0. The Labute approximate surface area is 154 Å². The van der Waals surface area contributed by atoms with Crippen molar-refractivity contribution in [1.29, 1.82) is 0 Å². The zero-order valence-corrected chi connectivity index (χ0v) is 16.0. The molecule has 0 atom stereocenters. The molecule has 8 heteroatoms. The molecular weight excluding hydrogens is 334 g/mol. The van der Waals surface area contributed by atoms with E-state index < -0.39 is 0 Å². The van der Waals surface area contributed by atoms with Crippen molar-refractivity contribution in [2.24, 2.45) is 5.41 Å². The average molecular weight is 363 g/mol. The minimum absolute atomic E-state index is 0.0148. The summed E-state index contributed by atoms with van der Waals surface area (Å²) in [4.78, 5) is 28.2. The molecule has 26 heavy (non-hydrogen) atoms. The van der Waals surface area contributed by atoms with E-state index in [1.54, 1.807) is 26.1 Å². The van der Waals surface area contributed by atoms with Crippen LogP contribution in [0.5, 0.6) is 0 Å². The molecule has 1 aromatic rings. The van der Waals surface area contributed by atoms with Gasteiger partial charge in [-0.1, -0.05) is 6.42 Å². The molecule has 0 aromatic carbocycles. The molecule has 2 aliphatic rings. The van der Waals surface area contributed by atoms with Crippen LogP contribution in [0.1, 0.15) is 37.1 Å². The Bertz CT molecular complexity index is 666. The molecule has 0 radical (unpaired) electrons. The lowest BCUT2D eigenvalue weighted by Gasteiger charge is -2.39. The quantitative estimate of drug-likeness (QED) is 0.853. The number of nitrogens with one attached hydrogen (secondary N) is 1. The maximum absolute atomic E-state index is 12.5. The normalized spacial score (nSPS) is 18.5. The summed E-state index contributed by atoms with van der Waals surface area (Å²) in [7, 11) is 5.17. The van der Waals surface area contributed by atoms with Crippen LogP contribution >= 0.6 is 0 Å². The first-order chi connectivity index (χ1) is 12.4. The zero-order chi connectivity index (χ0) is 18.7. The van der Waals surface area contributed by atoms with Crippen LogP contribution in [0.25, 0.3) is 0 Å². The highest BCUT2D eigenvalue weighted by molar-refractivity contribution is 5.83. The van der Waals surface area contributed by atoms with Gasteiger partial charge in [0.2, 0.25) is 5.91 Å². The molecule has 144 valence electrons. The first kappa shape index (κ1) is 18.7. The van der Waals surface area contributed by atoms with E-state index in [-0.39, 0.29) is 17.4 Å².